The van der Waals surface area contributed by atoms with Crippen molar-refractivity contribution in [3.63, 3.8) is 0 Å². The number of hydrogen-bond donors (Lipinski definition) is 1. The Bertz CT molecular complexity index is 442. The fraction of sp³-hybridized carbons (Fsp3) is 0.417. The summed E-state index contributed by atoms with van der Waals surface area (Å²) in [5, 5.41) is 3.96. The minimum Gasteiger partial charge on any atom is -0.494 e. The van der Waals surface area contributed by atoms with Gasteiger partial charge in [0.25, 0.3) is 0 Å². The average Bonchev–Trinajstić information content (AvgIpc) is 2.80. The number of methoxy groups -OCH3 is 1. The highest BCUT2D eigenvalue weighted by Gasteiger charge is 2.26. The van der Waals surface area contributed by atoms with Crippen LogP contribution >= 0.6 is 23.2 Å². The Kier molecular flexibility index (Phi) is 3.92. The van der Waals surface area contributed by atoms with Gasteiger partial charge in [-0.15, -0.1) is 0 Å². The van der Waals surface area contributed by atoms with Crippen LogP contribution in [0.4, 0.5) is 0 Å². The van der Waals surface area contributed by atoms with Gasteiger partial charge in [0.2, 0.25) is 0 Å². The van der Waals surface area contributed by atoms with Crippen LogP contribution in [0.1, 0.15) is 23.2 Å². The topological polar surface area (TPSA) is 38.3 Å². The van der Waals surface area contributed by atoms with Crippen molar-refractivity contribution in [2.45, 2.75) is 18.9 Å². The number of nitrogens with one attached hydrogen (secondary N) is 1. The van der Waals surface area contributed by atoms with E-state index in [1.807, 2.05) is 0 Å². The van der Waals surface area contributed by atoms with E-state index in [1.54, 1.807) is 12.1 Å². The minimum atomic E-state index is -0.154. The molecule has 0 radical (unpaired) electrons. The number of benzene rings is 1. The van der Waals surface area contributed by atoms with Crippen molar-refractivity contribution in [3.8, 4) is 5.75 Å². The lowest BCUT2D eigenvalue weighted by Gasteiger charge is -2.14. The summed E-state index contributed by atoms with van der Waals surface area (Å²) in [6, 6.07) is 3.02. The molecule has 1 fully saturated rings. The van der Waals surface area contributed by atoms with Crippen molar-refractivity contribution in [2.24, 2.45) is 0 Å². The number of hydrogen-bond acceptors (Lipinski definition) is 3. The molecule has 1 aromatic rings. The molecule has 1 aliphatic rings. The summed E-state index contributed by atoms with van der Waals surface area (Å²) < 4.78 is 5.17. The Labute approximate surface area is 110 Å². The number of ketones is 1. The third-order valence-corrected chi connectivity index (χ3v) is 3.35. The largest absolute Gasteiger partial charge is 0.494 e. The van der Waals surface area contributed by atoms with Gasteiger partial charge in [0.15, 0.2) is 5.78 Å². The zero-order chi connectivity index (χ0) is 12.4. The van der Waals surface area contributed by atoms with Crippen LogP contribution < -0.4 is 10.1 Å². The second kappa shape index (κ2) is 5.25. The van der Waals surface area contributed by atoms with Gasteiger partial charge < -0.3 is 10.1 Å². The second-order valence-corrected chi connectivity index (χ2v) is 4.83. The molecule has 0 amide bonds. The molecule has 0 spiro atoms. The zero-order valence-corrected chi connectivity index (χ0v) is 10.9. The molecule has 92 valence electrons. The molecular weight excluding hydrogens is 261 g/mol. The smallest absolute Gasteiger partial charge is 0.183 e. The maximum atomic E-state index is 12.3. The summed E-state index contributed by atoms with van der Waals surface area (Å²) in [6.45, 7) is 0.868. The van der Waals surface area contributed by atoms with E-state index < -0.39 is 0 Å². The SMILES string of the molecule is COc1c(Cl)cc(Cl)cc1C(=O)C1CCCN1. The van der Waals surface area contributed by atoms with Gasteiger partial charge in [-0.1, -0.05) is 23.2 Å². The van der Waals surface area contributed by atoms with E-state index in [0.717, 1.165) is 19.4 Å². The van der Waals surface area contributed by atoms with Crippen molar-refractivity contribution in [2.75, 3.05) is 13.7 Å². The first kappa shape index (κ1) is 12.7. The van der Waals surface area contributed by atoms with E-state index in [2.05, 4.69) is 5.32 Å². The van der Waals surface area contributed by atoms with Crippen LogP contribution in [0.2, 0.25) is 10.0 Å². The van der Waals surface area contributed by atoms with E-state index in [-0.39, 0.29) is 11.8 Å². The Morgan fingerprint density at radius 2 is 2.24 bits per heavy atom. The van der Waals surface area contributed by atoms with E-state index >= 15 is 0 Å². The third kappa shape index (κ3) is 2.57. The molecular formula is C12H13Cl2NO2. The van der Waals surface area contributed by atoms with Crippen LogP contribution in [0, 0.1) is 0 Å². The maximum Gasteiger partial charge on any atom is 0.183 e. The van der Waals surface area contributed by atoms with Crippen molar-refractivity contribution in [1.82, 2.24) is 5.32 Å². The van der Waals surface area contributed by atoms with E-state index in [9.17, 15) is 4.79 Å². The Balaban J connectivity index is 2.39. The van der Waals surface area contributed by atoms with Gasteiger partial charge in [0.05, 0.1) is 23.7 Å². The van der Waals surface area contributed by atoms with Crippen molar-refractivity contribution >= 4 is 29.0 Å². The Morgan fingerprint density at radius 1 is 1.47 bits per heavy atom. The van der Waals surface area contributed by atoms with E-state index in [4.69, 9.17) is 27.9 Å². The molecule has 1 saturated heterocycles. The van der Waals surface area contributed by atoms with Gasteiger partial charge in [-0.25, -0.2) is 0 Å². The number of rotatable bonds is 3. The van der Waals surface area contributed by atoms with Gasteiger partial charge >= 0.3 is 0 Å². The van der Waals surface area contributed by atoms with Gasteiger partial charge in [0, 0.05) is 5.02 Å². The highest BCUT2D eigenvalue weighted by Crippen LogP contribution is 2.33. The Morgan fingerprint density at radius 3 is 2.82 bits per heavy atom. The molecule has 3 nitrogen and oxygen atoms in total. The van der Waals surface area contributed by atoms with Crippen LogP contribution in [0.5, 0.6) is 5.75 Å². The van der Waals surface area contributed by atoms with Crippen LogP contribution in [0.3, 0.4) is 0 Å². The minimum absolute atomic E-state index is 0.0104. The first-order chi connectivity index (χ1) is 8.13. The van der Waals surface area contributed by atoms with Crippen molar-refractivity contribution in [3.05, 3.63) is 27.7 Å². The summed E-state index contributed by atoms with van der Waals surface area (Å²) in [4.78, 5) is 12.3. The molecule has 0 aliphatic carbocycles. The normalized spacial score (nSPS) is 19.4. The third-order valence-electron chi connectivity index (χ3n) is 2.85. The van der Waals surface area contributed by atoms with Crippen LogP contribution in [-0.4, -0.2) is 25.5 Å². The fourth-order valence-corrected chi connectivity index (χ4v) is 2.62. The van der Waals surface area contributed by atoms with Gasteiger partial charge in [-0.3, -0.25) is 4.79 Å². The van der Waals surface area contributed by atoms with Crippen LogP contribution in [-0.2, 0) is 0 Å². The molecule has 1 unspecified atom stereocenters. The molecule has 5 heteroatoms. The van der Waals surface area contributed by atoms with Gasteiger partial charge in [-0.2, -0.15) is 0 Å². The quantitative estimate of drug-likeness (QED) is 0.861. The predicted octanol–water partition coefficient (Wildman–Crippen LogP) is 2.94. The molecule has 0 saturated carbocycles. The van der Waals surface area contributed by atoms with E-state index in [1.165, 1.54) is 7.11 Å². The summed E-state index contributed by atoms with van der Waals surface area (Å²) in [5.41, 5.74) is 0.449. The average molecular weight is 274 g/mol. The van der Waals surface area contributed by atoms with Crippen LogP contribution in [0.15, 0.2) is 12.1 Å². The summed E-state index contributed by atoms with van der Waals surface area (Å²) >= 11 is 11.9. The standard InChI is InChI=1S/C12H13Cl2NO2/c1-17-12-8(5-7(13)6-9(12)14)11(16)10-3-2-4-15-10/h5-6,10,15H,2-4H2,1H3. The van der Waals surface area contributed by atoms with Crippen LogP contribution in [0.25, 0.3) is 0 Å². The van der Waals surface area contributed by atoms with E-state index in [0.29, 0.717) is 21.4 Å². The van der Waals surface area contributed by atoms with Crippen molar-refractivity contribution in [1.29, 1.82) is 0 Å². The molecule has 2 rings (SSSR count). The number of Topliss-reactive ketones (excluding diaryl/α,β-unsaturated/α-hetero) is 1. The lowest BCUT2D eigenvalue weighted by atomic mass is 10.0. The highest BCUT2D eigenvalue weighted by atomic mass is 35.5. The molecule has 0 aromatic heterocycles. The lowest BCUT2D eigenvalue weighted by molar-refractivity contribution is 0.0949. The predicted molar refractivity (Wildman–Crippen MR) is 68.4 cm³/mol. The monoisotopic (exact) mass is 273 g/mol. The number of carbonyl (C=O) groups is 1. The molecule has 1 aliphatic heterocycles. The summed E-state index contributed by atoms with van der Waals surface area (Å²) in [5.74, 6) is 0.388. The van der Waals surface area contributed by atoms with Gasteiger partial charge in [0.1, 0.15) is 5.75 Å². The zero-order valence-electron chi connectivity index (χ0n) is 9.43. The first-order valence-corrected chi connectivity index (χ1v) is 6.19. The van der Waals surface area contributed by atoms with Gasteiger partial charge in [-0.05, 0) is 31.5 Å². The molecule has 1 heterocycles. The maximum absolute atomic E-state index is 12.3. The Hall–Kier alpha value is -0.770. The molecule has 1 N–H and O–H groups in total. The number of ether oxygens (including phenoxy) is 1. The fourth-order valence-electron chi connectivity index (χ4n) is 2.05. The molecule has 1 atom stereocenters. The first-order valence-electron chi connectivity index (χ1n) is 5.44. The number of halogens is 2. The second-order valence-electron chi connectivity index (χ2n) is 3.98. The van der Waals surface area contributed by atoms with Crippen molar-refractivity contribution < 1.29 is 9.53 Å². The molecule has 1 aromatic carbocycles. The highest BCUT2D eigenvalue weighted by molar-refractivity contribution is 6.36. The summed E-state index contributed by atoms with van der Waals surface area (Å²) in [7, 11) is 1.49. The molecule has 0 bridgehead atoms. The lowest BCUT2D eigenvalue weighted by Crippen LogP contribution is -2.31. The number of carbonyl (C=O) groups excluding carboxylic acids is 1. The summed E-state index contributed by atoms with van der Waals surface area (Å²) in [6.07, 6.45) is 1.85. The molecule has 17 heavy (non-hydrogen) atoms.